The lowest BCUT2D eigenvalue weighted by Crippen LogP contribution is -2.43. The van der Waals surface area contributed by atoms with Gasteiger partial charge >= 0.3 is 5.97 Å². The van der Waals surface area contributed by atoms with E-state index in [2.05, 4.69) is 39.2 Å². The van der Waals surface area contributed by atoms with Crippen LogP contribution in [0.5, 0.6) is 0 Å². The van der Waals surface area contributed by atoms with Crippen LogP contribution < -0.4 is 0 Å². The Hall–Kier alpha value is -0.390. The van der Waals surface area contributed by atoms with Crippen LogP contribution in [-0.4, -0.2) is 28.1 Å². The van der Waals surface area contributed by atoms with Crippen LogP contribution in [0.25, 0.3) is 0 Å². The fourth-order valence-corrected chi connectivity index (χ4v) is 5.48. The highest BCUT2D eigenvalue weighted by atomic mass is 79.9. The molecule has 3 rings (SSSR count). The molecule has 4 unspecified atom stereocenters. The number of rotatable bonds is 3. The smallest absolute Gasteiger partial charge is 0.320 e. The highest BCUT2D eigenvalue weighted by molar-refractivity contribution is 9.10. The van der Waals surface area contributed by atoms with E-state index in [1.54, 1.807) is 11.3 Å². The molecule has 110 valence electrons. The van der Waals surface area contributed by atoms with Crippen molar-refractivity contribution in [1.82, 2.24) is 4.90 Å². The first-order valence-electron chi connectivity index (χ1n) is 7.32. The summed E-state index contributed by atoms with van der Waals surface area (Å²) in [7, 11) is 0. The lowest BCUT2D eigenvalue weighted by atomic mass is 9.84. The third-order valence-corrected chi connectivity index (χ3v) is 6.73. The lowest BCUT2D eigenvalue weighted by molar-refractivity contribution is -0.143. The molecule has 0 spiro atoms. The molecule has 0 bridgehead atoms. The predicted molar refractivity (Wildman–Crippen MR) is 84.1 cm³/mol. The zero-order valence-electron chi connectivity index (χ0n) is 11.6. The van der Waals surface area contributed by atoms with Crippen molar-refractivity contribution in [3.05, 3.63) is 20.8 Å². The molecule has 1 saturated carbocycles. The second kappa shape index (κ2) is 5.78. The number of thiophene rings is 1. The average molecular weight is 358 g/mol. The van der Waals surface area contributed by atoms with Gasteiger partial charge in [-0.05, 0) is 54.1 Å². The van der Waals surface area contributed by atoms with E-state index in [9.17, 15) is 9.90 Å². The van der Waals surface area contributed by atoms with E-state index in [4.69, 9.17) is 0 Å². The zero-order chi connectivity index (χ0) is 14.3. The second-order valence-electron chi connectivity index (χ2n) is 5.99. The summed E-state index contributed by atoms with van der Waals surface area (Å²) >= 11 is 5.21. The Kier molecular flexibility index (Phi) is 4.20. The van der Waals surface area contributed by atoms with Gasteiger partial charge in [0.1, 0.15) is 6.04 Å². The van der Waals surface area contributed by atoms with Gasteiger partial charge in [0.15, 0.2) is 0 Å². The largest absolute Gasteiger partial charge is 0.480 e. The van der Waals surface area contributed by atoms with Gasteiger partial charge in [0, 0.05) is 26.8 Å². The molecule has 20 heavy (non-hydrogen) atoms. The van der Waals surface area contributed by atoms with Crippen LogP contribution in [-0.2, 0) is 4.79 Å². The molecule has 3 nitrogen and oxygen atoms in total. The maximum absolute atomic E-state index is 11.6. The molecule has 2 fully saturated rings. The first kappa shape index (κ1) is 14.5. The normalized spacial score (nSPS) is 32.0. The van der Waals surface area contributed by atoms with E-state index >= 15 is 0 Å². The number of nitrogens with zero attached hydrogens (tertiary/aromatic N) is 1. The van der Waals surface area contributed by atoms with Crippen molar-refractivity contribution in [2.24, 2.45) is 5.92 Å². The molecule has 1 aliphatic carbocycles. The molecular formula is C15H20BrNO2S. The van der Waals surface area contributed by atoms with Crippen molar-refractivity contribution in [1.29, 1.82) is 0 Å². The first-order valence-corrected chi connectivity index (χ1v) is 8.99. The van der Waals surface area contributed by atoms with E-state index in [-0.39, 0.29) is 12.1 Å². The molecule has 0 aromatic carbocycles. The number of hydrogen-bond acceptors (Lipinski definition) is 3. The van der Waals surface area contributed by atoms with Gasteiger partial charge in [0.2, 0.25) is 0 Å². The fraction of sp³-hybridized carbons (Fsp3) is 0.667. The SMILES string of the molecule is CC(c1cc(Br)cs1)N1C(C(=O)O)CC2CCCCC21. The third-order valence-electron chi connectivity index (χ3n) is 4.87. The predicted octanol–water partition coefficient (Wildman–Crippen LogP) is 4.29. The van der Waals surface area contributed by atoms with Crippen LogP contribution in [0.15, 0.2) is 15.9 Å². The van der Waals surface area contributed by atoms with Crippen LogP contribution in [0.4, 0.5) is 0 Å². The van der Waals surface area contributed by atoms with Crippen LogP contribution in [0.3, 0.4) is 0 Å². The molecule has 4 atom stereocenters. The molecule has 2 heterocycles. The number of carbonyl (C=O) groups is 1. The molecule has 5 heteroatoms. The molecule has 0 amide bonds. The van der Waals surface area contributed by atoms with Gasteiger partial charge < -0.3 is 5.11 Å². The Bertz CT molecular complexity index is 504. The topological polar surface area (TPSA) is 40.5 Å². The minimum atomic E-state index is -0.651. The molecule has 1 aliphatic heterocycles. The summed E-state index contributed by atoms with van der Waals surface area (Å²) in [6.45, 7) is 2.16. The Morgan fingerprint density at radius 1 is 1.50 bits per heavy atom. The van der Waals surface area contributed by atoms with Gasteiger partial charge in [-0.1, -0.05) is 12.8 Å². The molecule has 0 radical (unpaired) electrons. The van der Waals surface area contributed by atoms with Gasteiger partial charge in [-0.2, -0.15) is 0 Å². The standard InChI is InChI=1S/C15H20BrNO2S/c1-9(14-7-11(16)8-20-14)17-12-5-3-2-4-10(12)6-13(17)15(18)19/h7-10,12-13H,2-6H2,1H3,(H,18,19). The van der Waals surface area contributed by atoms with E-state index in [0.717, 1.165) is 17.3 Å². The number of carboxylic acids is 1. The summed E-state index contributed by atoms with van der Waals surface area (Å²) in [5, 5.41) is 11.7. The summed E-state index contributed by atoms with van der Waals surface area (Å²) in [5.74, 6) is -0.0717. The molecule has 2 aliphatic rings. The van der Waals surface area contributed by atoms with E-state index in [1.165, 1.54) is 24.1 Å². The summed E-state index contributed by atoms with van der Waals surface area (Å²) in [4.78, 5) is 15.2. The average Bonchev–Trinajstić information content (AvgIpc) is 3.01. The quantitative estimate of drug-likeness (QED) is 0.876. The highest BCUT2D eigenvalue weighted by Gasteiger charge is 2.47. The van der Waals surface area contributed by atoms with Gasteiger partial charge in [0.25, 0.3) is 0 Å². The van der Waals surface area contributed by atoms with Crippen LogP contribution in [0.2, 0.25) is 0 Å². The molecule has 1 saturated heterocycles. The van der Waals surface area contributed by atoms with E-state index in [0.29, 0.717) is 12.0 Å². The van der Waals surface area contributed by atoms with E-state index in [1.807, 2.05) is 0 Å². The Labute approximate surface area is 132 Å². The van der Waals surface area contributed by atoms with Gasteiger partial charge in [0.05, 0.1) is 0 Å². The molecule has 1 N–H and O–H groups in total. The summed E-state index contributed by atoms with van der Waals surface area (Å²) in [6.07, 6.45) is 5.69. The van der Waals surface area contributed by atoms with Gasteiger partial charge in [-0.15, -0.1) is 11.3 Å². The number of carboxylic acid groups (broad SMARTS) is 1. The summed E-state index contributed by atoms with van der Waals surface area (Å²) in [5.41, 5.74) is 0. The van der Waals surface area contributed by atoms with Gasteiger partial charge in [-0.25, -0.2) is 0 Å². The molecular weight excluding hydrogens is 338 g/mol. The number of aliphatic carboxylic acids is 1. The lowest BCUT2D eigenvalue weighted by Gasteiger charge is -2.36. The minimum Gasteiger partial charge on any atom is -0.480 e. The minimum absolute atomic E-state index is 0.195. The van der Waals surface area contributed by atoms with Crippen molar-refractivity contribution in [3.63, 3.8) is 0 Å². The van der Waals surface area contributed by atoms with Crippen molar-refractivity contribution >= 4 is 33.2 Å². The van der Waals surface area contributed by atoms with Crippen molar-refractivity contribution in [2.75, 3.05) is 0 Å². The van der Waals surface area contributed by atoms with E-state index < -0.39 is 5.97 Å². The highest BCUT2D eigenvalue weighted by Crippen LogP contribution is 2.45. The summed E-state index contributed by atoms with van der Waals surface area (Å²) in [6, 6.07) is 2.48. The maximum Gasteiger partial charge on any atom is 0.320 e. The second-order valence-corrected chi connectivity index (χ2v) is 7.85. The Morgan fingerprint density at radius 3 is 2.90 bits per heavy atom. The fourth-order valence-electron chi connectivity index (χ4n) is 3.97. The summed E-state index contributed by atoms with van der Waals surface area (Å²) < 4.78 is 1.09. The maximum atomic E-state index is 11.6. The Morgan fingerprint density at radius 2 is 2.25 bits per heavy atom. The van der Waals surface area contributed by atoms with Crippen LogP contribution in [0.1, 0.15) is 49.9 Å². The van der Waals surface area contributed by atoms with Crippen molar-refractivity contribution in [3.8, 4) is 0 Å². The van der Waals surface area contributed by atoms with Gasteiger partial charge in [-0.3, -0.25) is 9.69 Å². The molecule has 1 aromatic heterocycles. The number of likely N-dealkylation sites (tertiary alicyclic amines) is 1. The first-order chi connectivity index (χ1) is 9.58. The third kappa shape index (κ3) is 2.55. The monoisotopic (exact) mass is 357 g/mol. The number of hydrogen-bond donors (Lipinski definition) is 1. The Balaban J connectivity index is 1.88. The number of fused-ring (bicyclic) bond motifs is 1. The molecule has 1 aromatic rings. The van der Waals surface area contributed by atoms with Crippen molar-refractivity contribution < 1.29 is 9.90 Å². The van der Waals surface area contributed by atoms with Crippen molar-refractivity contribution in [2.45, 2.75) is 57.2 Å². The zero-order valence-corrected chi connectivity index (χ0v) is 14.0. The van der Waals surface area contributed by atoms with Crippen LogP contribution >= 0.6 is 27.3 Å². The number of halogens is 1. The van der Waals surface area contributed by atoms with Crippen LogP contribution in [0, 0.1) is 5.92 Å².